The molecule has 3 aromatic carbocycles. The maximum absolute atomic E-state index is 11.3. The van der Waals surface area contributed by atoms with Gasteiger partial charge in [0.25, 0.3) is 0 Å². The number of nitrogens with zero attached hydrogens (tertiary/aromatic N) is 2. The van der Waals surface area contributed by atoms with E-state index >= 15 is 0 Å². The number of aromatic nitrogens is 2. The summed E-state index contributed by atoms with van der Waals surface area (Å²) >= 11 is 0. The molecule has 138 valence electrons. The number of rotatable bonds is 6. The largest absolute Gasteiger partial charge is 0.475 e. The highest BCUT2D eigenvalue weighted by Crippen LogP contribution is 2.24. The van der Waals surface area contributed by atoms with E-state index in [1.54, 1.807) is 6.07 Å². The first-order valence-corrected chi connectivity index (χ1v) is 8.75. The lowest BCUT2D eigenvalue weighted by Gasteiger charge is -2.11. The zero-order valence-electron chi connectivity index (χ0n) is 14.9. The first-order valence-electron chi connectivity index (χ1n) is 8.75. The normalized spacial score (nSPS) is 10.6. The molecule has 6 nitrogen and oxygen atoms in total. The Balaban J connectivity index is 1.56. The highest BCUT2D eigenvalue weighted by atomic mass is 16.5. The van der Waals surface area contributed by atoms with E-state index in [0.717, 1.165) is 22.4 Å². The van der Waals surface area contributed by atoms with Gasteiger partial charge in [0.15, 0.2) is 0 Å². The van der Waals surface area contributed by atoms with Gasteiger partial charge in [-0.05, 0) is 42.0 Å². The van der Waals surface area contributed by atoms with Gasteiger partial charge in [-0.1, -0.05) is 42.5 Å². The summed E-state index contributed by atoms with van der Waals surface area (Å²) < 4.78 is 5.86. The molecule has 0 saturated carbocycles. The lowest BCUT2D eigenvalue weighted by atomic mass is 10.2. The van der Waals surface area contributed by atoms with Gasteiger partial charge in [0.1, 0.15) is 17.3 Å². The van der Waals surface area contributed by atoms with Gasteiger partial charge in [-0.2, -0.15) is 0 Å². The molecule has 4 aromatic rings. The van der Waals surface area contributed by atoms with Gasteiger partial charge in [-0.25, -0.2) is 14.8 Å². The van der Waals surface area contributed by atoms with E-state index in [4.69, 9.17) is 4.74 Å². The van der Waals surface area contributed by atoms with Crippen LogP contribution in [0.15, 0.2) is 78.9 Å². The minimum absolute atomic E-state index is 0.234. The summed E-state index contributed by atoms with van der Waals surface area (Å²) in [5.74, 6) is 0.580. The molecule has 0 bridgehead atoms. The molecule has 6 heteroatoms. The molecular weight excluding hydrogens is 354 g/mol. The van der Waals surface area contributed by atoms with Crippen LogP contribution in [-0.2, 0) is 6.54 Å². The number of nitrogens with one attached hydrogen (secondary N) is 1. The van der Waals surface area contributed by atoms with Crippen molar-refractivity contribution in [2.45, 2.75) is 6.54 Å². The van der Waals surface area contributed by atoms with Crippen LogP contribution in [0.4, 0.5) is 5.82 Å². The molecule has 1 aromatic heterocycles. The Hall–Kier alpha value is -3.93. The summed E-state index contributed by atoms with van der Waals surface area (Å²) in [6, 6.07) is 24.6. The molecule has 0 atom stereocenters. The van der Waals surface area contributed by atoms with Gasteiger partial charge in [0, 0.05) is 11.9 Å². The van der Waals surface area contributed by atoms with Crippen molar-refractivity contribution in [3.8, 4) is 11.5 Å². The summed E-state index contributed by atoms with van der Waals surface area (Å²) in [6.07, 6.45) is 0. The molecule has 0 amide bonds. The monoisotopic (exact) mass is 371 g/mol. The van der Waals surface area contributed by atoms with Gasteiger partial charge < -0.3 is 15.2 Å². The van der Waals surface area contributed by atoms with E-state index in [-0.39, 0.29) is 5.82 Å². The first kappa shape index (κ1) is 17.5. The molecule has 0 aliphatic rings. The number of ether oxygens (including phenoxy) is 1. The van der Waals surface area contributed by atoms with Gasteiger partial charge in [0.2, 0.25) is 5.82 Å². The Bertz CT molecular complexity index is 1130. The fourth-order valence-corrected chi connectivity index (χ4v) is 2.84. The number of benzene rings is 3. The number of hydrogen-bond acceptors (Lipinski definition) is 5. The molecule has 1 heterocycles. The van der Waals surface area contributed by atoms with Crippen molar-refractivity contribution in [3.05, 3.63) is 90.3 Å². The van der Waals surface area contributed by atoms with Gasteiger partial charge in [-0.15, -0.1) is 0 Å². The number of fused-ring (bicyclic) bond motifs is 1. The van der Waals surface area contributed by atoms with Crippen LogP contribution in [0.2, 0.25) is 0 Å². The second kappa shape index (κ2) is 7.75. The predicted octanol–water partition coefficient (Wildman–Crippen LogP) is 4.73. The highest BCUT2D eigenvalue weighted by molar-refractivity contribution is 5.93. The number of hydrogen-bond donors (Lipinski definition) is 2. The zero-order chi connectivity index (χ0) is 19.3. The van der Waals surface area contributed by atoms with Crippen molar-refractivity contribution in [1.82, 2.24) is 9.97 Å². The van der Waals surface area contributed by atoms with Crippen molar-refractivity contribution in [3.63, 3.8) is 0 Å². The fourth-order valence-electron chi connectivity index (χ4n) is 2.84. The molecular formula is C22H17N3O3. The second-order valence-corrected chi connectivity index (χ2v) is 6.13. The molecule has 2 N–H and O–H groups in total. The minimum Gasteiger partial charge on any atom is -0.475 e. The van der Waals surface area contributed by atoms with Crippen molar-refractivity contribution >= 4 is 22.7 Å². The van der Waals surface area contributed by atoms with Crippen LogP contribution < -0.4 is 10.1 Å². The van der Waals surface area contributed by atoms with Crippen molar-refractivity contribution in [2.75, 3.05) is 5.32 Å². The van der Waals surface area contributed by atoms with Crippen molar-refractivity contribution in [2.24, 2.45) is 0 Å². The maximum atomic E-state index is 11.3. The van der Waals surface area contributed by atoms with Crippen LogP contribution in [0, 0.1) is 0 Å². The average Bonchev–Trinajstić information content (AvgIpc) is 2.73. The number of para-hydroxylation sites is 2. The smallest absolute Gasteiger partial charge is 0.374 e. The van der Waals surface area contributed by atoms with E-state index < -0.39 is 5.97 Å². The molecule has 0 radical (unpaired) electrons. The summed E-state index contributed by atoms with van der Waals surface area (Å²) in [6.45, 7) is 0.464. The van der Waals surface area contributed by atoms with Crippen LogP contribution in [0.25, 0.3) is 10.9 Å². The Morgan fingerprint density at radius 3 is 2.46 bits per heavy atom. The Morgan fingerprint density at radius 2 is 1.64 bits per heavy atom. The highest BCUT2D eigenvalue weighted by Gasteiger charge is 2.12. The Morgan fingerprint density at radius 1 is 0.893 bits per heavy atom. The zero-order valence-corrected chi connectivity index (χ0v) is 14.9. The summed E-state index contributed by atoms with van der Waals surface area (Å²) in [7, 11) is 0. The molecule has 0 unspecified atom stereocenters. The minimum atomic E-state index is -1.16. The number of carboxylic acid groups (broad SMARTS) is 1. The molecule has 0 aliphatic heterocycles. The lowest BCUT2D eigenvalue weighted by molar-refractivity contribution is 0.0684. The van der Waals surface area contributed by atoms with Gasteiger partial charge in [-0.3, -0.25) is 0 Å². The molecule has 4 rings (SSSR count). The fraction of sp³-hybridized carbons (Fsp3) is 0.0455. The number of carboxylic acids is 1. The van der Waals surface area contributed by atoms with Crippen molar-refractivity contribution in [1.29, 1.82) is 0 Å². The van der Waals surface area contributed by atoms with Crippen LogP contribution in [0.5, 0.6) is 11.5 Å². The van der Waals surface area contributed by atoms with Gasteiger partial charge >= 0.3 is 5.97 Å². The first-order chi connectivity index (χ1) is 13.7. The van der Waals surface area contributed by atoms with Crippen LogP contribution >= 0.6 is 0 Å². The third-order valence-corrected chi connectivity index (χ3v) is 4.13. The molecule has 28 heavy (non-hydrogen) atoms. The summed E-state index contributed by atoms with van der Waals surface area (Å²) in [5, 5.41) is 13.2. The molecule has 0 aliphatic carbocycles. The lowest BCUT2D eigenvalue weighted by Crippen LogP contribution is -2.09. The molecule has 0 saturated heterocycles. The maximum Gasteiger partial charge on any atom is 0.374 e. The Labute approximate surface area is 161 Å². The van der Waals surface area contributed by atoms with E-state index in [2.05, 4.69) is 15.3 Å². The van der Waals surface area contributed by atoms with Crippen LogP contribution in [0.1, 0.15) is 16.2 Å². The molecule has 0 spiro atoms. The van der Waals surface area contributed by atoms with Gasteiger partial charge in [0.05, 0.1) is 5.52 Å². The van der Waals surface area contributed by atoms with E-state index in [0.29, 0.717) is 17.9 Å². The van der Waals surface area contributed by atoms with Crippen LogP contribution in [-0.4, -0.2) is 21.0 Å². The third-order valence-electron chi connectivity index (χ3n) is 4.13. The molecule has 0 fully saturated rings. The SMILES string of the molecule is O=C(O)c1nc(NCc2cccc(Oc3ccccc3)c2)c2ccccc2n1. The van der Waals surface area contributed by atoms with Crippen molar-refractivity contribution < 1.29 is 14.6 Å². The number of anilines is 1. The topological polar surface area (TPSA) is 84.3 Å². The average molecular weight is 371 g/mol. The van der Waals surface area contributed by atoms with E-state index in [9.17, 15) is 9.90 Å². The Kier molecular flexibility index (Phi) is 4.84. The quantitative estimate of drug-likeness (QED) is 0.510. The standard InChI is InChI=1S/C22H17N3O3/c26-22(27)21-24-19-12-5-4-11-18(19)20(25-21)23-14-15-7-6-10-17(13-15)28-16-8-2-1-3-9-16/h1-13H,14H2,(H,26,27)(H,23,24,25). The summed E-state index contributed by atoms with van der Waals surface area (Å²) in [4.78, 5) is 19.6. The number of carbonyl (C=O) groups is 1. The summed E-state index contributed by atoms with van der Waals surface area (Å²) in [5.41, 5.74) is 1.56. The third kappa shape index (κ3) is 3.91. The second-order valence-electron chi connectivity index (χ2n) is 6.13. The predicted molar refractivity (Wildman–Crippen MR) is 107 cm³/mol. The van der Waals surface area contributed by atoms with Crippen LogP contribution in [0.3, 0.4) is 0 Å². The van der Waals surface area contributed by atoms with E-state index in [1.165, 1.54) is 0 Å². The van der Waals surface area contributed by atoms with E-state index in [1.807, 2.05) is 72.8 Å². The number of aromatic carboxylic acids is 1.